The monoisotopic (exact) mass is 457 g/mol. The topological polar surface area (TPSA) is 83.5 Å². The summed E-state index contributed by atoms with van der Waals surface area (Å²) in [5.74, 6) is 0. The van der Waals surface area contributed by atoms with Crippen LogP contribution < -0.4 is 10.5 Å². The Hall–Kier alpha value is -3.49. The van der Waals surface area contributed by atoms with Crippen molar-refractivity contribution in [3.8, 4) is 0 Å². The summed E-state index contributed by atoms with van der Waals surface area (Å²) < 4.78 is 7.56. The van der Waals surface area contributed by atoms with E-state index in [9.17, 15) is 9.59 Å². The number of rotatable bonds is 5. The number of hydrogen-bond donors (Lipinski definition) is 1. The van der Waals surface area contributed by atoms with Crippen LogP contribution in [0.15, 0.2) is 47.4 Å². The van der Waals surface area contributed by atoms with E-state index < -0.39 is 0 Å². The molecular formula is C26H27N5O3. The molecule has 1 fully saturated rings. The zero-order chi connectivity index (χ0) is 23.2. The highest BCUT2D eigenvalue weighted by Crippen LogP contribution is 2.28. The molecule has 8 heteroatoms. The molecule has 2 aromatic heterocycles. The molecule has 0 atom stereocenters. The number of piperidine rings is 1. The molecule has 2 aromatic carbocycles. The maximum Gasteiger partial charge on any atom is 0.254 e. The Bertz CT molecular complexity index is 1450. The molecular weight excluding hydrogens is 430 g/mol. The predicted molar refractivity (Wildman–Crippen MR) is 131 cm³/mol. The number of H-pyrrole nitrogens is 1. The maximum absolute atomic E-state index is 12.4. The molecule has 34 heavy (non-hydrogen) atoms. The molecule has 1 amide bonds. The van der Waals surface area contributed by atoms with Crippen molar-refractivity contribution in [2.75, 3.05) is 25.0 Å². The number of ether oxygens (including phenoxy) is 1. The number of amides is 1. The second-order valence-corrected chi connectivity index (χ2v) is 9.40. The van der Waals surface area contributed by atoms with E-state index in [0.717, 1.165) is 71.0 Å². The van der Waals surface area contributed by atoms with Gasteiger partial charge in [0.25, 0.3) is 5.56 Å². The van der Waals surface area contributed by atoms with Gasteiger partial charge in [-0.05, 0) is 68.4 Å². The molecule has 2 aliphatic rings. The van der Waals surface area contributed by atoms with E-state index in [1.807, 2.05) is 36.4 Å². The molecule has 0 spiro atoms. The first-order valence-corrected chi connectivity index (χ1v) is 11.7. The highest BCUT2D eigenvalue weighted by Gasteiger charge is 2.21. The van der Waals surface area contributed by atoms with Crippen LogP contribution in [0, 0.1) is 0 Å². The van der Waals surface area contributed by atoms with Crippen molar-refractivity contribution in [1.29, 1.82) is 0 Å². The summed E-state index contributed by atoms with van der Waals surface area (Å²) >= 11 is 0. The summed E-state index contributed by atoms with van der Waals surface area (Å²) in [5.41, 5.74) is 4.96. The van der Waals surface area contributed by atoms with Crippen LogP contribution in [0.4, 0.5) is 5.69 Å². The molecule has 0 saturated carbocycles. The number of benzene rings is 2. The number of carbonyl (C=O) groups is 1. The first kappa shape index (κ1) is 21.1. The Morgan fingerprint density at radius 2 is 1.97 bits per heavy atom. The summed E-state index contributed by atoms with van der Waals surface area (Å²) in [6.07, 6.45) is 5.15. The number of aromatic nitrogens is 3. The normalized spacial score (nSPS) is 16.9. The molecule has 174 valence electrons. The number of aromatic amines is 1. The van der Waals surface area contributed by atoms with Gasteiger partial charge in [0.1, 0.15) is 0 Å². The highest BCUT2D eigenvalue weighted by atomic mass is 16.5. The Morgan fingerprint density at radius 3 is 2.79 bits per heavy atom. The third-order valence-electron chi connectivity index (χ3n) is 7.17. The third-order valence-corrected chi connectivity index (χ3v) is 7.17. The van der Waals surface area contributed by atoms with Crippen LogP contribution in [0.3, 0.4) is 0 Å². The molecule has 0 unspecified atom stereocenters. The Morgan fingerprint density at radius 1 is 1.15 bits per heavy atom. The van der Waals surface area contributed by atoms with E-state index in [1.165, 1.54) is 0 Å². The van der Waals surface area contributed by atoms with E-state index in [-0.39, 0.29) is 5.56 Å². The van der Waals surface area contributed by atoms with Crippen LogP contribution in [0.5, 0.6) is 0 Å². The SMILES string of the molecule is CN1CCC(n2cc3ccc(N(C=O)Cc4ccc5c6c(c(=O)[nH]c5c4)COC6)cc3n2)CC1. The number of nitrogens with one attached hydrogen (secondary N) is 1. The average Bonchev–Trinajstić information content (AvgIpc) is 3.50. The van der Waals surface area contributed by atoms with E-state index >= 15 is 0 Å². The molecule has 1 N–H and O–H groups in total. The molecule has 6 rings (SSSR count). The van der Waals surface area contributed by atoms with Gasteiger partial charge in [-0.15, -0.1) is 0 Å². The van der Waals surface area contributed by atoms with Gasteiger partial charge in [0.05, 0.1) is 31.3 Å². The highest BCUT2D eigenvalue weighted by molar-refractivity contribution is 5.87. The van der Waals surface area contributed by atoms with Gasteiger partial charge in [-0.2, -0.15) is 5.10 Å². The van der Waals surface area contributed by atoms with E-state index in [1.54, 1.807) is 4.90 Å². The number of carbonyl (C=O) groups excluding carboxylic acids is 1. The minimum Gasteiger partial charge on any atom is -0.372 e. The largest absolute Gasteiger partial charge is 0.372 e. The quantitative estimate of drug-likeness (QED) is 0.465. The van der Waals surface area contributed by atoms with Gasteiger partial charge in [-0.1, -0.05) is 12.1 Å². The summed E-state index contributed by atoms with van der Waals surface area (Å²) in [5, 5.41) is 6.91. The van der Waals surface area contributed by atoms with Crippen molar-refractivity contribution in [2.45, 2.75) is 38.6 Å². The van der Waals surface area contributed by atoms with Gasteiger partial charge in [-0.3, -0.25) is 14.3 Å². The van der Waals surface area contributed by atoms with Crippen LogP contribution >= 0.6 is 0 Å². The third kappa shape index (κ3) is 3.69. The van der Waals surface area contributed by atoms with Crippen molar-refractivity contribution in [3.05, 3.63) is 69.6 Å². The maximum atomic E-state index is 12.4. The molecule has 0 aliphatic carbocycles. The van der Waals surface area contributed by atoms with Gasteiger partial charge in [0, 0.05) is 33.7 Å². The fraction of sp³-hybridized carbons (Fsp3) is 0.346. The van der Waals surface area contributed by atoms with Crippen LogP contribution in [-0.2, 0) is 29.3 Å². The number of fused-ring (bicyclic) bond motifs is 4. The van der Waals surface area contributed by atoms with Crippen LogP contribution in [-0.4, -0.2) is 46.2 Å². The minimum absolute atomic E-state index is 0.102. The Kier molecular flexibility index (Phi) is 5.19. The summed E-state index contributed by atoms with van der Waals surface area (Å²) in [6.45, 7) is 3.38. The lowest BCUT2D eigenvalue weighted by atomic mass is 10.0. The first-order valence-electron chi connectivity index (χ1n) is 11.7. The van der Waals surface area contributed by atoms with Crippen molar-refractivity contribution < 1.29 is 9.53 Å². The minimum atomic E-state index is -0.102. The lowest BCUT2D eigenvalue weighted by Crippen LogP contribution is -2.31. The number of nitrogens with zero attached hydrogens (tertiary/aromatic N) is 4. The average molecular weight is 458 g/mol. The standard InChI is InChI=1S/C26H27N5O3/c1-29-8-6-19(7-9-29)31-13-18-3-4-20(11-24(18)28-31)30(16-32)12-17-2-5-21-22-14-34-15-23(22)26(33)27-25(21)10-17/h2-5,10-11,13,16,19H,6-9,12,14-15H2,1H3,(H,27,33). The van der Waals surface area contributed by atoms with Gasteiger partial charge in [-0.25, -0.2) is 0 Å². The van der Waals surface area contributed by atoms with E-state index in [4.69, 9.17) is 9.84 Å². The fourth-order valence-electron chi connectivity index (χ4n) is 5.16. The van der Waals surface area contributed by atoms with Crippen LogP contribution in [0.2, 0.25) is 0 Å². The van der Waals surface area contributed by atoms with Crippen LogP contribution in [0.25, 0.3) is 21.8 Å². The fourth-order valence-corrected chi connectivity index (χ4v) is 5.16. The van der Waals surface area contributed by atoms with E-state index in [0.29, 0.717) is 31.4 Å². The molecule has 1 saturated heterocycles. The van der Waals surface area contributed by atoms with Crippen molar-refractivity contribution >= 4 is 33.9 Å². The summed E-state index contributed by atoms with van der Waals surface area (Å²) in [6, 6.07) is 12.3. The van der Waals surface area contributed by atoms with Crippen molar-refractivity contribution in [2.24, 2.45) is 0 Å². The lowest BCUT2D eigenvalue weighted by Gasteiger charge is -2.28. The zero-order valence-corrected chi connectivity index (χ0v) is 19.2. The van der Waals surface area contributed by atoms with Gasteiger partial charge in [0.15, 0.2) is 0 Å². The zero-order valence-electron chi connectivity index (χ0n) is 19.2. The number of hydrogen-bond acceptors (Lipinski definition) is 5. The second kappa shape index (κ2) is 8.38. The summed E-state index contributed by atoms with van der Waals surface area (Å²) in [4.78, 5) is 31.4. The predicted octanol–water partition coefficient (Wildman–Crippen LogP) is 3.34. The number of anilines is 1. The molecule has 2 aliphatic heterocycles. The molecule has 8 nitrogen and oxygen atoms in total. The smallest absolute Gasteiger partial charge is 0.254 e. The molecule has 0 bridgehead atoms. The number of pyridine rings is 1. The Labute approximate surface area is 196 Å². The molecule has 4 aromatic rings. The van der Waals surface area contributed by atoms with E-state index in [2.05, 4.69) is 27.8 Å². The van der Waals surface area contributed by atoms with Crippen molar-refractivity contribution in [1.82, 2.24) is 19.7 Å². The molecule has 4 heterocycles. The first-order chi connectivity index (χ1) is 16.6. The number of likely N-dealkylation sites (tertiary alicyclic amines) is 1. The van der Waals surface area contributed by atoms with Crippen LogP contribution in [0.1, 0.15) is 35.6 Å². The molecule has 0 radical (unpaired) electrons. The van der Waals surface area contributed by atoms with Gasteiger partial charge in [0.2, 0.25) is 6.41 Å². The Balaban J connectivity index is 1.27. The van der Waals surface area contributed by atoms with Crippen molar-refractivity contribution in [3.63, 3.8) is 0 Å². The summed E-state index contributed by atoms with van der Waals surface area (Å²) in [7, 11) is 2.16. The second-order valence-electron chi connectivity index (χ2n) is 9.40. The van der Waals surface area contributed by atoms with Gasteiger partial charge >= 0.3 is 0 Å². The lowest BCUT2D eigenvalue weighted by molar-refractivity contribution is -0.107. The van der Waals surface area contributed by atoms with Gasteiger partial charge < -0.3 is 19.5 Å².